The van der Waals surface area contributed by atoms with Gasteiger partial charge in [-0.3, -0.25) is 4.79 Å². The molecule has 0 bridgehead atoms. The van der Waals surface area contributed by atoms with Gasteiger partial charge in [-0.15, -0.1) is 0 Å². The van der Waals surface area contributed by atoms with Crippen LogP contribution in [0.15, 0.2) is 12.2 Å². The van der Waals surface area contributed by atoms with Gasteiger partial charge < -0.3 is 5.32 Å². The molecule has 2 heteroatoms. The minimum absolute atomic E-state index is 0.0829. The Hall–Kier alpha value is -0.790. The number of nitrogens with one attached hydrogen (secondary N) is 1. The molecular weight excluding hydrogens is 138 g/mol. The predicted octanol–water partition coefficient (Wildman–Crippen LogP) is 1.48. The summed E-state index contributed by atoms with van der Waals surface area (Å²) >= 11 is 0. The summed E-state index contributed by atoms with van der Waals surface area (Å²) < 4.78 is 0. The van der Waals surface area contributed by atoms with E-state index in [0.29, 0.717) is 5.92 Å². The molecule has 1 unspecified atom stereocenters. The van der Waals surface area contributed by atoms with Gasteiger partial charge in [-0.05, 0) is 25.2 Å². The Balaban J connectivity index is 2.16. The van der Waals surface area contributed by atoms with Gasteiger partial charge in [-0.2, -0.15) is 0 Å². The highest BCUT2D eigenvalue weighted by Crippen LogP contribution is 2.16. The highest BCUT2D eigenvalue weighted by molar-refractivity contribution is 5.72. The van der Waals surface area contributed by atoms with Crippen molar-refractivity contribution in [1.29, 1.82) is 0 Å². The van der Waals surface area contributed by atoms with E-state index in [2.05, 4.69) is 17.5 Å². The van der Waals surface area contributed by atoms with E-state index in [-0.39, 0.29) is 5.91 Å². The lowest BCUT2D eigenvalue weighted by molar-refractivity contribution is -0.119. The molecule has 0 heterocycles. The van der Waals surface area contributed by atoms with E-state index in [1.807, 2.05) is 0 Å². The molecule has 1 atom stereocenters. The van der Waals surface area contributed by atoms with Crippen molar-refractivity contribution >= 4 is 5.91 Å². The summed E-state index contributed by atoms with van der Waals surface area (Å²) in [4.78, 5) is 10.6. The third-order valence-corrected chi connectivity index (χ3v) is 2.02. The Morgan fingerprint density at radius 3 is 3.00 bits per heavy atom. The van der Waals surface area contributed by atoms with Crippen molar-refractivity contribution in [2.24, 2.45) is 5.92 Å². The van der Waals surface area contributed by atoms with Crippen molar-refractivity contribution in [2.75, 3.05) is 6.54 Å². The molecule has 0 aromatic rings. The number of allylic oxidation sites excluding steroid dienone is 2. The maximum atomic E-state index is 10.6. The number of carbonyl (C=O) groups excluding carboxylic acids is 1. The number of hydrogen-bond donors (Lipinski definition) is 1. The van der Waals surface area contributed by atoms with Crippen LogP contribution in [-0.2, 0) is 4.79 Å². The van der Waals surface area contributed by atoms with Crippen molar-refractivity contribution in [3.8, 4) is 0 Å². The molecule has 0 aromatic heterocycles. The van der Waals surface area contributed by atoms with Crippen LogP contribution in [-0.4, -0.2) is 12.5 Å². The molecule has 0 radical (unpaired) electrons. The van der Waals surface area contributed by atoms with Crippen molar-refractivity contribution in [3.05, 3.63) is 12.2 Å². The largest absolute Gasteiger partial charge is 0.356 e. The Kier molecular flexibility index (Phi) is 3.14. The first-order valence-corrected chi connectivity index (χ1v) is 4.18. The van der Waals surface area contributed by atoms with Crippen LogP contribution in [0, 0.1) is 5.92 Å². The fourth-order valence-corrected chi connectivity index (χ4v) is 1.33. The zero-order chi connectivity index (χ0) is 8.10. The van der Waals surface area contributed by atoms with Crippen LogP contribution in [0.5, 0.6) is 0 Å². The Morgan fingerprint density at radius 1 is 1.64 bits per heavy atom. The Labute approximate surface area is 67.7 Å². The number of hydrogen-bond acceptors (Lipinski definition) is 1. The molecule has 0 saturated heterocycles. The van der Waals surface area contributed by atoms with Crippen molar-refractivity contribution < 1.29 is 4.79 Å². The zero-order valence-corrected chi connectivity index (χ0v) is 6.97. The second-order valence-corrected chi connectivity index (χ2v) is 3.09. The quantitative estimate of drug-likeness (QED) is 0.598. The number of carbonyl (C=O) groups is 1. The minimum Gasteiger partial charge on any atom is -0.356 e. The van der Waals surface area contributed by atoms with E-state index in [1.165, 1.54) is 12.8 Å². The Morgan fingerprint density at radius 2 is 2.45 bits per heavy atom. The second kappa shape index (κ2) is 4.16. The lowest BCUT2D eigenvalue weighted by atomic mass is 9.94. The van der Waals surface area contributed by atoms with Crippen LogP contribution >= 0.6 is 0 Å². The second-order valence-electron chi connectivity index (χ2n) is 3.09. The first-order chi connectivity index (χ1) is 5.29. The lowest BCUT2D eigenvalue weighted by Gasteiger charge is -2.17. The van der Waals surface area contributed by atoms with E-state index in [9.17, 15) is 4.79 Å². The summed E-state index contributed by atoms with van der Waals surface area (Å²) in [5.41, 5.74) is 0. The summed E-state index contributed by atoms with van der Waals surface area (Å²) in [6.07, 6.45) is 7.93. The summed E-state index contributed by atoms with van der Waals surface area (Å²) in [5, 5.41) is 2.84. The lowest BCUT2D eigenvalue weighted by Crippen LogP contribution is -2.27. The molecule has 0 aromatic carbocycles. The molecule has 1 amide bonds. The average molecular weight is 153 g/mol. The molecule has 62 valence electrons. The normalized spacial score (nSPS) is 23.2. The van der Waals surface area contributed by atoms with Gasteiger partial charge in [0.1, 0.15) is 0 Å². The van der Waals surface area contributed by atoms with Crippen LogP contribution in [0.4, 0.5) is 0 Å². The molecule has 0 aliphatic heterocycles. The highest BCUT2D eigenvalue weighted by atomic mass is 16.1. The first kappa shape index (κ1) is 8.31. The van der Waals surface area contributed by atoms with Gasteiger partial charge in [0.25, 0.3) is 0 Å². The fraction of sp³-hybridized carbons (Fsp3) is 0.667. The summed E-state index contributed by atoms with van der Waals surface area (Å²) in [6.45, 7) is 2.42. The van der Waals surface area contributed by atoms with E-state index in [1.54, 1.807) is 6.92 Å². The van der Waals surface area contributed by atoms with Crippen LogP contribution in [0.3, 0.4) is 0 Å². The highest BCUT2D eigenvalue weighted by Gasteiger charge is 2.09. The van der Waals surface area contributed by atoms with Crippen molar-refractivity contribution in [2.45, 2.75) is 26.2 Å². The van der Waals surface area contributed by atoms with Crippen molar-refractivity contribution in [1.82, 2.24) is 5.32 Å². The van der Waals surface area contributed by atoms with Gasteiger partial charge in [0, 0.05) is 13.5 Å². The SMILES string of the molecule is CC(=O)NCC1CC=CCC1. The molecule has 0 fully saturated rings. The van der Waals surface area contributed by atoms with Gasteiger partial charge in [0.15, 0.2) is 0 Å². The molecule has 11 heavy (non-hydrogen) atoms. The molecule has 0 spiro atoms. The molecule has 0 saturated carbocycles. The standard InChI is InChI=1S/C9H15NO/c1-8(11)10-7-9-5-3-2-4-6-9/h2-3,9H,4-7H2,1H3,(H,10,11). The molecule has 1 aliphatic rings. The van der Waals surface area contributed by atoms with Gasteiger partial charge in [-0.25, -0.2) is 0 Å². The van der Waals surface area contributed by atoms with Gasteiger partial charge in [-0.1, -0.05) is 12.2 Å². The molecule has 1 aliphatic carbocycles. The third-order valence-electron chi connectivity index (χ3n) is 2.02. The first-order valence-electron chi connectivity index (χ1n) is 4.18. The minimum atomic E-state index is 0.0829. The van der Waals surface area contributed by atoms with Gasteiger partial charge >= 0.3 is 0 Å². The van der Waals surface area contributed by atoms with Crippen molar-refractivity contribution in [3.63, 3.8) is 0 Å². The van der Waals surface area contributed by atoms with E-state index < -0.39 is 0 Å². The van der Waals surface area contributed by atoms with Crippen LogP contribution in [0.2, 0.25) is 0 Å². The summed E-state index contributed by atoms with van der Waals surface area (Å²) in [7, 11) is 0. The molecular formula is C9H15NO. The Bertz CT molecular complexity index is 163. The van der Waals surface area contributed by atoms with E-state index in [4.69, 9.17) is 0 Å². The maximum absolute atomic E-state index is 10.6. The summed E-state index contributed by atoms with van der Waals surface area (Å²) in [6, 6.07) is 0. The predicted molar refractivity (Wildman–Crippen MR) is 45.2 cm³/mol. The smallest absolute Gasteiger partial charge is 0.216 e. The molecule has 1 rings (SSSR count). The molecule has 1 N–H and O–H groups in total. The average Bonchev–Trinajstić information content (AvgIpc) is 2.03. The van der Waals surface area contributed by atoms with Crippen LogP contribution < -0.4 is 5.32 Å². The number of amides is 1. The van der Waals surface area contributed by atoms with Crippen LogP contribution in [0.1, 0.15) is 26.2 Å². The van der Waals surface area contributed by atoms with Gasteiger partial charge in [0.2, 0.25) is 5.91 Å². The van der Waals surface area contributed by atoms with Gasteiger partial charge in [0.05, 0.1) is 0 Å². The zero-order valence-electron chi connectivity index (χ0n) is 6.97. The molecule has 2 nitrogen and oxygen atoms in total. The van der Waals surface area contributed by atoms with Crippen LogP contribution in [0.25, 0.3) is 0 Å². The van der Waals surface area contributed by atoms with E-state index >= 15 is 0 Å². The summed E-state index contributed by atoms with van der Waals surface area (Å²) in [5.74, 6) is 0.753. The topological polar surface area (TPSA) is 29.1 Å². The number of rotatable bonds is 2. The maximum Gasteiger partial charge on any atom is 0.216 e. The van der Waals surface area contributed by atoms with E-state index in [0.717, 1.165) is 13.0 Å². The third kappa shape index (κ3) is 3.21. The monoisotopic (exact) mass is 153 g/mol. The fourth-order valence-electron chi connectivity index (χ4n) is 1.33.